The van der Waals surface area contributed by atoms with Crippen LogP contribution in [0, 0.1) is 0 Å². The summed E-state index contributed by atoms with van der Waals surface area (Å²) < 4.78 is 0. The van der Waals surface area contributed by atoms with E-state index >= 15 is 0 Å². The van der Waals surface area contributed by atoms with E-state index in [9.17, 15) is 0 Å². The van der Waals surface area contributed by atoms with E-state index in [2.05, 4.69) is 26.8 Å². The Morgan fingerprint density at radius 2 is 1.73 bits per heavy atom. The number of likely N-dealkylation sites (tertiary alicyclic amines) is 1. The molecule has 0 bridgehead atoms. The van der Waals surface area contributed by atoms with E-state index in [-0.39, 0.29) is 0 Å². The summed E-state index contributed by atoms with van der Waals surface area (Å²) in [5.41, 5.74) is 1.17. The molecule has 2 aromatic rings. The van der Waals surface area contributed by atoms with Gasteiger partial charge in [0.15, 0.2) is 0 Å². The smallest absolute Gasteiger partial charge is 0.226 e. The minimum atomic E-state index is 0.485. The molecule has 26 heavy (non-hydrogen) atoms. The van der Waals surface area contributed by atoms with Gasteiger partial charge in [0.25, 0.3) is 0 Å². The van der Waals surface area contributed by atoms with Crippen LogP contribution in [0.25, 0.3) is 0 Å². The van der Waals surface area contributed by atoms with Gasteiger partial charge in [-0.05, 0) is 42.7 Å². The molecule has 1 saturated heterocycles. The number of aromatic nitrogens is 2. The quantitative estimate of drug-likeness (QED) is 0.768. The van der Waals surface area contributed by atoms with Crippen molar-refractivity contribution in [1.82, 2.24) is 14.9 Å². The van der Waals surface area contributed by atoms with Crippen molar-refractivity contribution >= 4 is 35.0 Å². The molecule has 0 atom stereocenters. The highest BCUT2D eigenvalue weighted by Crippen LogP contribution is 2.24. The molecule has 0 amide bonds. The number of hydrogen-bond acceptors (Lipinski definition) is 5. The van der Waals surface area contributed by atoms with Crippen LogP contribution in [0.4, 0.5) is 11.8 Å². The van der Waals surface area contributed by atoms with Crippen molar-refractivity contribution in [2.75, 3.05) is 44.0 Å². The lowest BCUT2D eigenvalue weighted by Gasteiger charge is -2.37. The third-order valence-electron chi connectivity index (χ3n) is 4.82. The molecule has 5 nitrogen and oxygen atoms in total. The molecule has 1 fully saturated rings. The maximum atomic E-state index is 6.11. The molecule has 1 aromatic heterocycles. The lowest BCUT2D eigenvalue weighted by molar-refractivity contribution is 0.203. The van der Waals surface area contributed by atoms with E-state index < -0.39 is 0 Å². The van der Waals surface area contributed by atoms with Gasteiger partial charge in [0.05, 0.1) is 0 Å². The molecule has 140 valence electrons. The Kier molecular flexibility index (Phi) is 6.22. The van der Waals surface area contributed by atoms with Gasteiger partial charge in [-0.15, -0.1) is 0 Å². The van der Waals surface area contributed by atoms with Crippen LogP contribution in [0.1, 0.15) is 18.4 Å². The number of hydrogen-bond donors (Lipinski definition) is 0. The summed E-state index contributed by atoms with van der Waals surface area (Å²) in [4.78, 5) is 15.6. The third kappa shape index (κ3) is 4.78. The van der Waals surface area contributed by atoms with E-state index in [4.69, 9.17) is 23.2 Å². The summed E-state index contributed by atoms with van der Waals surface area (Å²) >= 11 is 12.2. The normalized spacial score (nSPS) is 15.9. The van der Waals surface area contributed by atoms with Crippen molar-refractivity contribution in [3.05, 3.63) is 46.1 Å². The summed E-state index contributed by atoms with van der Waals surface area (Å²) in [5, 5.41) is 1.39. The van der Waals surface area contributed by atoms with Crippen molar-refractivity contribution in [1.29, 1.82) is 0 Å². The highest BCUT2D eigenvalue weighted by atomic mass is 35.5. The summed E-state index contributed by atoms with van der Waals surface area (Å²) in [7, 11) is 6.04. The maximum absolute atomic E-state index is 6.11. The van der Waals surface area contributed by atoms with Crippen LogP contribution in [0.5, 0.6) is 0 Å². The van der Waals surface area contributed by atoms with Crippen molar-refractivity contribution in [2.24, 2.45) is 0 Å². The monoisotopic (exact) mass is 393 g/mol. The fourth-order valence-electron chi connectivity index (χ4n) is 3.36. The standard InChI is InChI=1S/C19H25Cl2N5/c1-24(2)19-22-7-4-18(23-19)25(3)17-5-8-26(9-6-17)13-14-10-15(20)12-16(21)11-14/h4,7,10-12,17H,5-6,8-9,13H2,1-3H3. The number of rotatable bonds is 5. The average Bonchev–Trinajstić information content (AvgIpc) is 2.61. The zero-order chi connectivity index (χ0) is 18.7. The largest absolute Gasteiger partial charge is 0.356 e. The Hall–Kier alpha value is -1.56. The van der Waals surface area contributed by atoms with Gasteiger partial charge < -0.3 is 9.80 Å². The molecule has 1 aliphatic heterocycles. The van der Waals surface area contributed by atoms with E-state index in [0.717, 1.165) is 44.2 Å². The van der Waals surface area contributed by atoms with Gasteiger partial charge in [-0.25, -0.2) is 4.98 Å². The molecule has 0 spiro atoms. The average molecular weight is 394 g/mol. The van der Waals surface area contributed by atoms with Crippen LogP contribution in [-0.2, 0) is 6.54 Å². The van der Waals surface area contributed by atoms with Gasteiger partial charge >= 0.3 is 0 Å². The van der Waals surface area contributed by atoms with Crippen molar-refractivity contribution in [3.8, 4) is 0 Å². The first-order chi connectivity index (χ1) is 12.4. The second kappa shape index (κ2) is 8.42. The van der Waals surface area contributed by atoms with Crippen LogP contribution in [0.3, 0.4) is 0 Å². The van der Waals surface area contributed by atoms with Crippen LogP contribution in [0.15, 0.2) is 30.5 Å². The van der Waals surface area contributed by atoms with Gasteiger partial charge in [0.2, 0.25) is 5.95 Å². The van der Waals surface area contributed by atoms with E-state index in [1.807, 2.05) is 43.4 Å². The molecule has 0 aliphatic carbocycles. The Bertz CT molecular complexity index is 724. The molecule has 0 saturated carbocycles. The zero-order valence-electron chi connectivity index (χ0n) is 15.5. The summed E-state index contributed by atoms with van der Waals surface area (Å²) in [6, 6.07) is 8.23. The van der Waals surface area contributed by atoms with Crippen LogP contribution in [0.2, 0.25) is 10.0 Å². The number of halogens is 2. The Morgan fingerprint density at radius 3 is 2.35 bits per heavy atom. The Labute approximate surface area is 165 Å². The molecule has 0 N–H and O–H groups in total. The first-order valence-electron chi connectivity index (χ1n) is 8.83. The van der Waals surface area contributed by atoms with E-state index in [0.29, 0.717) is 16.1 Å². The second-order valence-corrected chi connectivity index (χ2v) is 7.88. The second-order valence-electron chi connectivity index (χ2n) is 7.01. The lowest BCUT2D eigenvalue weighted by Crippen LogP contribution is -2.43. The summed E-state index contributed by atoms with van der Waals surface area (Å²) in [6.45, 7) is 2.98. The van der Waals surface area contributed by atoms with Gasteiger partial charge in [-0.3, -0.25) is 4.90 Å². The predicted octanol–water partition coefficient (Wildman–Crippen LogP) is 3.95. The van der Waals surface area contributed by atoms with Crippen molar-refractivity contribution in [3.63, 3.8) is 0 Å². The minimum absolute atomic E-state index is 0.485. The van der Waals surface area contributed by atoms with Crippen molar-refractivity contribution < 1.29 is 0 Å². The SMILES string of the molecule is CN(C)c1nccc(N(C)C2CCN(Cc3cc(Cl)cc(Cl)c3)CC2)n1. The Morgan fingerprint density at radius 1 is 1.08 bits per heavy atom. The van der Waals surface area contributed by atoms with Crippen molar-refractivity contribution in [2.45, 2.75) is 25.4 Å². The molecule has 0 unspecified atom stereocenters. The van der Waals surface area contributed by atoms with Gasteiger partial charge in [-0.2, -0.15) is 4.98 Å². The van der Waals surface area contributed by atoms with E-state index in [1.165, 1.54) is 5.56 Å². The highest BCUT2D eigenvalue weighted by Gasteiger charge is 2.23. The number of anilines is 2. The first kappa shape index (κ1) is 19.2. The zero-order valence-corrected chi connectivity index (χ0v) is 17.0. The molecule has 0 radical (unpaired) electrons. The first-order valence-corrected chi connectivity index (χ1v) is 9.58. The molecule has 1 aliphatic rings. The molecular weight excluding hydrogens is 369 g/mol. The predicted molar refractivity (Wildman–Crippen MR) is 110 cm³/mol. The molecule has 1 aromatic carbocycles. The molecule has 2 heterocycles. The molecule has 7 heteroatoms. The third-order valence-corrected chi connectivity index (χ3v) is 5.26. The maximum Gasteiger partial charge on any atom is 0.226 e. The van der Waals surface area contributed by atoms with Gasteiger partial charge in [-0.1, -0.05) is 23.2 Å². The summed E-state index contributed by atoms with van der Waals surface area (Å²) in [6.07, 6.45) is 4.03. The van der Waals surface area contributed by atoms with Crippen LogP contribution < -0.4 is 9.80 Å². The highest BCUT2D eigenvalue weighted by molar-refractivity contribution is 6.34. The van der Waals surface area contributed by atoms with E-state index in [1.54, 1.807) is 6.07 Å². The molecular formula is C19H25Cl2N5. The fraction of sp³-hybridized carbons (Fsp3) is 0.474. The molecule has 3 rings (SSSR count). The number of nitrogens with zero attached hydrogens (tertiary/aromatic N) is 5. The minimum Gasteiger partial charge on any atom is -0.356 e. The topological polar surface area (TPSA) is 35.5 Å². The van der Waals surface area contributed by atoms with Gasteiger partial charge in [0.1, 0.15) is 5.82 Å². The van der Waals surface area contributed by atoms with Crippen LogP contribution in [-0.4, -0.2) is 55.1 Å². The lowest BCUT2D eigenvalue weighted by atomic mass is 10.0. The number of benzene rings is 1. The van der Waals surface area contributed by atoms with Crippen LogP contribution >= 0.6 is 23.2 Å². The summed E-state index contributed by atoms with van der Waals surface area (Å²) in [5.74, 6) is 1.72. The van der Waals surface area contributed by atoms with Gasteiger partial charge in [0, 0.05) is 63.1 Å². The number of piperidine rings is 1. The Balaban J connectivity index is 1.58. The fourth-order valence-corrected chi connectivity index (χ4v) is 3.93.